The highest BCUT2D eigenvalue weighted by Gasteiger charge is 2.16. The van der Waals surface area contributed by atoms with Crippen molar-refractivity contribution in [3.63, 3.8) is 0 Å². The molecule has 2 aromatic heterocycles. The van der Waals surface area contributed by atoms with E-state index in [4.69, 9.17) is 9.47 Å². The monoisotopic (exact) mass is 531 g/mol. The Balaban J connectivity index is 1.43. The SMILES string of the molecule is COC(=O)Cc1cn(-c2ccccc2)c(NC(=O)c2ccc(-c3cnn(COCC[Si](C)(C)C)c3)cc2)n1. The van der Waals surface area contributed by atoms with E-state index in [1.54, 1.807) is 33.8 Å². The Bertz CT molecular complexity index is 1370. The van der Waals surface area contributed by atoms with Crippen LogP contribution in [0.3, 0.4) is 0 Å². The van der Waals surface area contributed by atoms with Crippen molar-refractivity contribution in [2.75, 3.05) is 19.0 Å². The van der Waals surface area contributed by atoms with E-state index in [1.165, 1.54) is 7.11 Å². The molecule has 0 unspecified atom stereocenters. The normalized spacial score (nSPS) is 11.4. The van der Waals surface area contributed by atoms with Gasteiger partial charge in [0, 0.05) is 43.9 Å². The summed E-state index contributed by atoms with van der Waals surface area (Å²) in [5.74, 6) is -0.396. The fourth-order valence-corrected chi connectivity index (χ4v) is 4.47. The van der Waals surface area contributed by atoms with Crippen LogP contribution in [0.15, 0.2) is 73.2 Å². The van der Waals surface area contributed by atoms with Gasteiger partial charge in [0.2, 0.25) is 5.95 Å². The van der Waals surface area contributed by atoms with Crippen LogP contribution in [0, 0.1) is 0 Å². The Hall–Kier alpha value is -4.02. The van der Waals surface area contributed by atoms with Crippen LogP contribution >= 0.6 is 0 Å². The lowest BCUT2D eigenvalue weighted by atomic mass is 10.1. The number of aromatic nitrogens is 4. The highest BCUT2D eigenvalue weighted by Crippen LogP contribution is 2.21. The zero-order valence-corrected chi connectivity index (χ0v) is 23.2. The molecule has 9 nitrogen and oxygen atoms in total. The topological polar surface area (TPSA) is 100 Å². The Morgan fingerprint density at radius 3 is 2.39 bits per heavy atom. The van der Waals surface area contributed by atoms with Crippen molar-refractivity contribution in [2.45, 2.75) is 38.8 Å². The first kappa shape index (κ1) is 27.0. The molecule has 0 aliphatic rings. The fourth-order valence-electron chi connectivity index (χ4n) is 3.72. The molecule has 2 heterocycles. The highest BCUT2D eigenvalue weighted by molar-refractivity contribution is 6.76. The summed E-state index contributed by atoms with van der Waals surface area (Å²) in [6.45, 7) is 8.13. The summed E-state index contributed by atoms with van der Waals surface area (Å²) >= 11 is 0. The van der Waals surface area contributed by atoms with Gasteiger partial charge in [-0.2, -0.15) is 5.10 Å². The Labute approximate surface area is 223 Å². The van der Waals surface area contributed by atoms with Gasteiger partial charge in [0.25, 0.3) is 5.91 Å². The summed E-state index contributed by atoms with van der Waals surface area (Å²) in [7, 11) is 0.209. The maximum Gasteiger partial charge on any atom is 0.311 e. The fraction of sp³-hybridized carbons (Fsp3) is 0.286. The molecule has 0 saturated carbocycles. The number of carbonyl (C=O) groups is 2. The number of rotatable bonds is 11. The van der Waals surface area contributed by atoms with E-state index in [9.17, 15) is 9.59 Å². The average Bonchev–Trinajstić information content (AvgIpc) is 3.54. The lowest BCUT2D eigenvalue weighted by molar-refractivity contribution is -0.139. The Kier molecular flexibility index (Phi) is 8.54. The van der Waals surface area contributed by atoms with E-state index < -0.39 is 14.0 Å². The van der Waals surface area contributed by atoms with Crippen LogP contribution in [-0.2, 0) is 27.4 Å². The summed E-state index contributed by atoms with van der Waals surface area (Å²) in [4.78, 5) is 29.3. The predicted molar refractivity (Wildman–Crippen MR) is 149 cm³/mol. The molecule has 0 spiro atoms. The van der Waals surface area contributed by atoms with Crippen LogP contribution in [0.4, 0.5) is 5.95 Å². The van der Waals surface area contributed by atoms with Crippen molar-refractivity contribution in [2.24, 2.45) is 0 Å². The van der Waals surface area contributed by atoms with Gasteiger partial charge in [-0.15, -0.1) is 0 Å². The first-order valence-corrected chi connectivity index (χ1v) is 16.1. The standard InChI is InChI=1S/C28H33N5O4Si/c1-36-26(34)16-24-19-33(25-8-6-5-7-9-25)28(30-24)31-27(35)22-12-10-21(11-13-22)23-17-29-32(18-23)20-37-14-15-38(2,3)4/h5-13,17-19H,14-16,20H2,1-4H3,(H,30,31,35). The Morgan fingerprint density at radius 1 is 0.974 bits per heavy atom. The molecule has 1 amide bonds. The zero-order chi connectivity index (χ0) is 27.1. The molecule has 4 rings (SSSR count). The smallest absolute Gasteiger partial charge is 0.311 e. The van der Waals surface area contributed by atoms with Gasteiger partial charge >= 0.3 is 5.97 Å². The van der Waals surface area contributed by atoms with Gasteiger partial charge < -0.3 is 9.47 Å². The van der Waals surface area contributed by atoms with Gasteiger partial charge in [-0.1, -0.05) is 50.0 Å². The first-order valence-electron chi connectivity index (χ1n) is 12.4. The highest BCUT2D eigenvalue weighted by atomic mass is 28.3. The molecule has 0 atom stereocenters. The van der Waals surface area contributed by atoms with E-state index in [1.807, 2.05) is 48.7 Å². The number of hydrogen-bond donors (Lipinski definition) is 1. The first-order chi connectivity index (χ1) is 18.2. The summed E-state index contributed by atoms with van der Waals surface area (Å²) < 4.78 is 14.0. The minimum absolute atomic E-state index is 0.00490. The lowest BCUT2D eigenvalue weighted by Gasteiger charge is -2.15. The van der Waals surface area contributed by atoms with Crippen molar-refractivity contribution in [1.29, 1.82) is 0 Å². The number of nitrogens with zero attached hydrogens (tertiary/aromatic N) is 4. The van der Waals surface area contributed by atoms with E-state index in [0.29, 0.717) is 23.9 Å². The molecule has 4 aromatic rings. The molecule has 0 fully saturated rings. The number of carbonyl (C=O) groups excluding carboxylic acids is 2. The number of anilines is 1. The third-order valence-corrected chi connectivity index (χ3v) is 7.61. The number of imidazole rings is 1. The molecule has 0 aliphatic heterocycles. The molecule has 0 aliphatic carbocycles. The molecular formula is C28H33N5O4Si. The number of hydrogen-bond acceptors (Lipinski definition) is 6. The van der Waals surface area contributed by atoms with Gasteiger partial charge in [0.15, 0.2) is 0 Å². The van der Waals surface area contributed by atoms with E-state index in [0.717, 1.165) is 29.5 Å². The number of para-hydroxylation sites is 1. The maximum absolute atomic E-state index is 13.1. The average molecular weight is 532 g/mol. The minimum atomic E-state index is -1.12. The molecule has 0 radical (unpaired) electrons. The van der Waals surface area contributed by atoms with Crippen LogP contribution in [0.1, 0.15) is 16.1 Å². The summed E-state index contributed by atoms with van der Waals surface area (Å²) in [6.07, 6.45) is 5.45. The second-order valence-corrected chi connectivity index (χ2v) is 15.8. The number of esters is 1. The molecular weight excluding hydrogens is 498 g/mol. The predicted octanol–water partition coefficient (Wildman–Crippen LogP) is 5.02. The van der Waals surface area contributed by atoms with Crippen LogP contribution in [0.2, 0.25) is 25.7 Å². The molecule has 1 N–H and O–H groups in total. The molecule has 2 aromatic carbocycles. The van der Waals surface area contributed by atoms with Gasteiger partial charge in [0.05, 0.1) is 25.4 Å². The summed E-state index contributed by atoms with van der Waals surface area (Å²) in [5.41, 5.74) is 3.67. The van der Waals surface area contributed by atoms with Gasteiger partial charge in [-0.3, -0.25) is 19.5 Å². The van der Waals surface area contributed by atoms with Crippen molar-refractivity contribution in [3.05, 3.63) is 84.4 Å². The molecule has 10 heteroatoms. The second-order valence-electron chi connectivity index (χ2n) is 10.2. The third-order valence-electron chi connectivity index (χ3n) is 5.90. The van der Waals surface area contributed by atoms with Crippen LogP contribution in [0.5, 0.6) is 0 Å². The van der Waals surface area contributed by atoms with Gasteiger partial charge in [-0.25, -0.2) is 9.67 Å². The quantitative estimate of drug-likeness (QED) is 0.166. The number of benzene rings is 2. The molecule has 198 valence electrons. The largest absolute Gasteiger partial charge is 0.469 e. The number of nitrogens with one attached hydrogen (secondary N) is 1. The summed E-state index contributed by atoms with van der Waals surface area (Å²) in [6, 6.07) is 17.9. The van der Waals surface area contributed by atoms with E-state index >= 15 is 0 Å². The van der Waals surface area contributed by atoms with Crippen molar-refractivity contribution < 1.29 is 19.1 Å². The Morgan fingerprint density at radius 2 is 1.71 bits per heavy atom. The number of methoxy groups -OCH3 is 1. The maximum atomic E-state index is 13.1. The van der Waals surface area contributed by atoms with Crippen LogP contribution < -0.4 is 5.32 Å². The number of ether oxygens (including phenoxy) is 2. The molecule has 0 saturated heterocycles. The third kappa shape index (κ3) is 7.27. The molecule has 0 bridgehead atoms. The summed E-state index contributed by atoms with van der Waals surface area (Å²) in [5, 5.41) is 7.26. The van der Waals surface area contributed by atoms with Crippen molar-refractivity contribution >= 4 is 25.9 Å². The van der Waals surface area contributed by atoms with Gasteiger partial charge in [-0.05, 0) is 35.9 Å². The second kappa shape index (κ2) is 12.0. The number of amides is 1. The molecule has 38 heavy (non-hydrogen) atoms. The lowest BCUT2D eigenvalue weighted by Crippen LogP contribution is -2.22. The minimum Gasteiger partial charge on any atom is -0.469 e. The van der Waals surface area contributed by atoms with Crippen LogP contribution in [-0.4, -0.2) is 53.0 Å². The van der Waals surface area contributed by atoms with E-state index in [-0.39, 0.29) is 12.3 Å². The zero-order valence-electron chi connectivity index (χ0n) is 22.2. The van der Waals surface area contributed by atoms with Crippen LogP contribution in [0.25, 0.3) is 16.8 Å². The van der Waals surface area contributed by atoms with Crippen molar-refractivity contribution in [1.82, 2.24) is 19.3 Å². The van der Waals surface area contributed by atoms with Gasteiger partial charge in [0.1, 0.15) is 6.73 Å². The van der Waals surface area contributed by atoms with E-state index in [2.05, 4.69) is 35.0 Å². The van der Waals surface area contributed by atoms with Crippen molar-refractivity contribution in [3.8, 4) is 16.8 Å².